The molecule has 43 heavy (non-hydrogen) atoms. The monoisotopic (exact) mass is 806 g/mol. The highest BCUT2D eigenvalue weighted by Gasteiger charge is 2.27. The third-order valence-electron chi connectivity index (χ3n) is 6.76. The van der Waals surface area contributed by atoms with Gasteiger partial charge in [0.15, 0.2) is 0 Å². The van der Waals surface area contributed by atoms with E-state index in [-0.39, 0.29) is 6.09 Å². The molecule has 1 fully saturated rings. The van der Waals surface area contributed by atoms with E-state index in [2.05, 4.69) is 48.3 Å². The van der Waals surface area contributed by atoms with Gasteiger partial charge in [-0.15, -0.1) is 0 Å². The molecule has 0 aliphatic carbocycles. The van der Waals surface area contributed by atoms with Gasteiger partial charge in [0.05, 0.1) is 11.4 Å². The fourth-order valence-corrected chi connectivity index (χ4v) is 8.38. The number of nitrogens with zero attached hydrogens (tertiary/aromatic N) is 7. The molecule has 1 N–H and O–H groups in total. The van der Waals surface area contributed by atoms with Gasteiger partial charge in [0, 0.05) is 81.5 Å². The number of aromatic nitrogens is 5. The molecule has 0 atom stereocenters. The number of anilines is 3. The van der Waals surface area contributed by atoms with E-state index in [1.807, 2.05) is 56.0 Å². The van der Waals surface area contributed by atoms with Crippen molar-refractivity contribution < 1.29 is 9.53 Å². The van der Waals surface area contributed by atoms with Crippen LogP contribution in [0.1, 0.15) is 27.7 Å². The first-order valence-electron chi connectivity index (χ1n) is 13.9. The summed E-state index contributed by atoms with van der Waals surface area (Å²) in [6.45, 7) is 11.2. The van der Waals surface area contributed by atoms with Crippen molar-refractivity contribution >= 4 is 73.9 Å². The summed E-state index contributed by atoms with van der Waals surface area (Å²) in [5, 5.41) is 8.22. The van der Waals surface area contributed by atoms with Gasteiger partial charge in [0.1, 0.15) is 11.3 Å². The van der Waals surface area contributed by atoms with Crippen LogP contribution in [0.2, 0.25) is 0 Å². The number of rotatable bonds is 8. The van der Waals surface area contributed by atoms with Gasteiger partial charge in [-0.1, -0.05) is 50.5 Å². The third kappa shape index (κ3) is 7.45. The normalized spacial score (nSPS) is 13.7. The van der Waals surface area contributed by atoms with Crippen molar-refractivity contribution in [2.45, 2.75) is 39.8 Å². The molecule has 4 heterocycles. The molecule has 4 aromatic rings. The summed E-state index contributed by atoms with van der Waals surface area (Å²) in [7, 11) is 0. The molecule has 1 amide bonds. The van der Waals surface area contributed by atoms with Crippen molar-refractivity contribution in [2.75, 3.05) is 36.4 Å². The maximum absolute atomic E-state index is 12.6. The second-order valence-corrected chi connectivity index (χ2v) is 14.7. The molecule has 12 heteroatoms. The number of pyridine rings is 1. The van der Waals surface area contributed by atoms with Crippen molar-refractivity contribution in [3.63, 3.8) is 0 Å². The first kappa shape index (κ1) is 31.2. The Morgan fingerprint density at radius 2 is 1.79 bits per heavy atom. The topological polar surface area (TPSA) is 101 Å². The maximum atomic E-state index is 12.6. The SMILES string of the molecule is C=Ic1cc(Nc2nccc(-c3cn(CC)nc3-c3cccnc3)n2)cc(I=C)c1N1CCN(C(=O)OC(C)(C)C)CC1. The average molecular weight is 806 g/mol. The number of carbonyl (C=O) groups is 1. The second kappa shape index (κ2) is 13.6. The first-order valence-corrected chi connectivity index (χ1v) is 19.2. The van der Waals surface area contributed by atoms with E-state index in [9.17, 15) is 4.79 Å². The number of hydrogen-bond acceptors (Lipinski definition) is 8. The summed E-state index contributed by atoms with van der Waals surface area (Å²) in [6.07, 6.45) is 7.11. The standard InChI is InChI=1S/C31H36I2N8O2/c1-7-41-20-23(27(38-41)21-9-8-11-34-19-21)26-10-12-35-29(37-26)36-22-17-24(32-5)28(25(18-22)33-6)39-13-15-40(16-14-39)30(42)43-31(2,3)4/h8-12,17-20H,5-7,13-16H2,1-4H3,(H,35,36,37). The third-order valence-corrected chi connectivity index (χ3v) is 10.0. The number of halogens is 2. The van der Waals surface area contributed by atoms with Crippen LogP contribution in [0.3, 0.4) is 0 Å². The van der Waals surface area contributed by atoms with Crippen LogP contribution in [0.5, 0.6) is 0 Å². The Bertz CT molecular complexity index is 1600. The van der Waals surface area contributed by atoms with Gasteiger partial charge in [-0.3, -0.25) is 9.67 Å². The minimum absolute atomic E-state index is 0.252. The molecule has 1 aliphatic rings. The van der Waals surface area contributed by atoms with Crippen molar-refractivity contribution in [3.05, 3.63) is 62.3 Å². The molecule has 226 valence electrons. The van der Waals surface area contributed by atoms with Crippen molar-refractivity contribution in [2.24, 2.45) is 0 Å². The molecule has 0 saturated carbocycles. The van der Waals surface area contributed by atoms with Gasteiger partial charge in [-0.2, -0.15) is 5.10 Å². The molecular formula is C31H36I2N8O2. The lowest BCUT2D eigenvalue weighted by molar-refractivity contribution is 0.0240. The predicted molar refractivity (Wildman–Crippen MR) is 192 cm³/mol. The fourth-order valence-electron chi connectivity index (χ4n) is 4.77. The molecule has 5 rings (SSSR count). The molecule has 3 aromatic heterocycles. The van der Waals surface area contributed by atoms with Gasteiger partial charge in [-0.05, 0) is 58.0 Å². The molecule has 0 radical (unpaired) electrons. The van der Waals surface area contributed by atoms with E-state index >= 15 is 0 Å². The van der Waals surface area contributed by atoms with Crippen LogP contribution in [0, 0.1) is 7.14 Å². The van der Waals surface area contributed by atoms with E-state index in [4.69, 9.17) is 14.8 Å². The Morgan fingerprint density at radius 3 is 2.40 bits per heavy atom. The van der Waals surface area contributed by atoms with Gasteiger partial charge in [-0.25, -0.2) is 14.8 Å². The number of ether oxygens (including phenoxy) is 1. The zero-order valence-corrected chi connectivity index (χ0v) is 29.2. The summed E-state index contributed by atoms with van der Waals surface area (Å²) in [6, 6.07) is 10.2. The molecule has 0 spiro atoms. The molecule has 1 aliphatic heterocycles. The second-order valence-electron chi connectivity index (χ2n) is 10.9. The molecule has 0 bridgehead atoms. The quantitative estimate of drug-likeness (QED) is 0.205. The number of carbonyl (C=O) groups excluding carboxylic acids is 1. The molecule has 1 saturated heterocycles. The van der Waals surface area contributed by atoms with E-state index in [0.29, 0.717) is 19.0 Å². The van der Waals surface area contributed by atoms with E-state index in [1.54, 1.807) is 17.3 Å². The zero-order chi connectivity index (χ0) is 30.6. The highest BCUT2D eigenvalue weighted by Crippen LogP contribution is 2.37. The Kier molecular flexibility index (Phi) is 9.84. The van der Waals surface area contributed by atoms with Gasteiger partial charge in [0.2, 0.25) is 5.95 Å². The minimum Gasteiger partial charge on any atom is -0.444 e. The number of piperazine rings is 1. The smallest absolute Gasteiger partial charge is 0.410 e. The highest BCUT2D eigenvalue weighted by molar-refractivity contribution is 14.2. The molecule has 0 unspecified atom stereocenters. The Hall–Kier alpha value is -3.27. The Labute approximate surface area is 272 Å². The molecule has 1 aromatic carbocycles. The van der Waals surface area contributed by atoms with E-state index in [0.717, 1.165) is 47.8 Å². The van der Waals surface area contributed by atoms with Crippen LogP contribution in [-0.2, 0) is 11.3 Å². The lowest BCUT2D eigenvalue weighted by Crippen LogP contribution is -2.50. The first-order chi connectivity index (χ1) is 20.7. The van der Waals surface area contributed by atoms with Crippen LogP contribution >= 0.6 is 41.5 Å². The summed E-state index contributed by atoms with van der Waals surface area (Å²) < 4.78 is 18.7. The number of nitrogens with one attached hydrogen (secondary N) is 1. The maximum Gasteiger partial charge on any atom is 0.410 e. The summed E-state index contributed by atoms with van der Waals surface area (Å²) in [5.74, 6) is 0.513. The summed E-state index contributed by atoms with van der Waals surface area (Å²) >= 11 is -0.953. The average Bonchev–Trinajstić information content (AvgIpc) is 3.45. The van der Waals surface area contributed by atoms with E-state index in [1.165, 1.54) is 12.8 Å². The molecule has 10 nitrogen and oxygen atoms in total. The van der Waals surface area contributed by atoms with Gasteiger partial charge in [0.25, 0.3) is 0 Å². The Balaban J connectivity index is 1.38. The van der Waals surface area contributed by atoms with Crippen LogP contribution < -0.4 is 10.2 Å². The van der Waals surface area contributed by atoms with Crippen molar-refractivity contribution in [3.8, 4) is 22.5 Å². The summed E-state index contributed by atoms with van der Waals surface area (Å²) in [4.78, 5) is 30.5. The number of hydrogen-bond donors (Lipinski definition) is 1. The zero-order valence-electron chi connectivity index (χ0n) is 24.8. The number of amides is 1. The largest absolute Gasteiger partial charge is 0.444 e. The lowest BCUT2D eigenvalue weighted by Gasteiger charge is -2.38. The van der Waals surface area contributed by atoms with Gasteiger partial charge < -0.3 is 19.9 Å². The highest BCUT2D eigenvalue weighted by atomic mass is 127. The van der Waals surface area contributed by atoms with Crippen LogP contribution in [0.4, 0.5) is 22.1 Å². The van der Waals surface area contributed by atoms with Crippen LogP contribution in [0.25, 0.3) is 22.5 Å². The van der Waals surface area contributed by atoms with Crippen molar-refractivity contribution in [1.29, 1.82) is 0 Å². The fraction of sp³-hybridized carbons (Fsp3) is 0.323. The van der Waals surface area contributed by atoms with Crippen molar-refractivity contribution in [1.82, 2.24) is 29.6 Å². The lowest BCUT2D eigenvalue weighted by atomic mass is 10.1. The van der Waals surface area contributed by atoms with E-state index < -0.39 is 47.1 Å². The molecular weight excluding hydrogens is 770 g/mol. The minimum atomic E-state index is -0.504. The van der Waals surface area contributed by atoms with Crippen LogP contribution in [0.15, 0.2) is 55.1 Å². The predicted octanol–water partition coefficient (Wildman–Crippen LogP) is 6.37. The number of benzene rings is 1. The van der Waals surface area contributed by atoms with Crippen LogP contribution in [-0.4, -0.2) is 76.5 Å². The van der Waals surface area contributed by atoms with Gasteiger partial charge >= 0.3 is 6.09 Å². The number of aryl methyl sites for hydroxylation is 1. The Morgan fingerprint density at radius 1 is 1.07 bits per heavy atom. The summed E-state index contributed by atoms with van der Waals surface area (Å²) in [5.41, 5.74) is 5.15.